The highest BCUT2D eigenvalue weighted by Gasteiger charge is 2.57. The number of imidazole rings is 1. The summed E-state index contributed by atoms with van der Waals surface area (Å²) in [6.07, 6.45) is 7.32. The number of carbonyl (C=O) groups excluding carboxylic acids is 1. The van der Waals surface area contributed by atoms with Crippen molar-refractivity contribution in [2.75, 3.05) is 20.3 Å². The van der Waals surface area contributed by atoms with E-state index in [0.717, 1.165) is 35.4 Å². The molecule has 0 aliphatic carbocycles. The zero-order valence-corrected chi connectivity index (χ0v) is 21.0. The third kappa shape index (κ3) is 4.20. The van der Waals surface area contributed by atoms with Gasteiger partial charge < -0.3 is 23.8 Å². The molecule has 2 aliphatic rings. The van der Waals surface area contributed by atoms with Crippen molar-refractivity contribution >= 4 is 17.9 Å². The van der Waals surface area contributed by atoms with Gasteiger partial charge in [0.25, 0.3) is 0 Å². The molecular weight excluding hydrogens is 470 g/mol. The molecule has 188 valence electrons. The quantitative estimate of drug-likeness (QED) is 0.468. The van der Waals surface area contributed by atoms with Gasteiger partial charge in [-0.05, 0) is 68.2 Å². The van der Waals surface area contributed by atoms with E-state index in [1.54, 1.807) is 44.6 Å². The lowest BCUT2D eigenvalue weighted by molar-refractivity contribution is -0.189. The van der Waals surface area contributed by atoms with Gasteiger partial charge in [-0.25, -0.2) is 9.78 Å². The number of oxime groups is 1. The van der Waals surface area contributed by atoms with Crippen LogP contribution in [-0.2, 0) is 20.1 Å². The van der Waals surface area contributed by atoms with Gasteiger partial charge >= 0.3 is 11.7 Å². The molecule has 2 aliphatic heterocycles. The Kier molecular flexibility index (Phi) is 6.40. The second-order valence-electron chi connectivity index (χ2n) is 8.84. The van der Waals surface area contributed by atoms with Crippen molar-refractivity contribution < 1.29 is 19.1 Å². The molecule has 37 heavy (non-hydrogen) atoms. The monoisotopic (exact) mass is 497 g/mol. The van der Waals surface area contributed by atoms with E-state index in [-0.39, 0.29) is 6.61 Å². The molecule has 0 bridgehead atoms. The number of rotatable bonds is 6. The smallest absolute Gasteiger partial charge is 0.380 e. The van der Waals surface area contributed by atoms with Crippen LogP contribution in [-0.4, -0.2) is 46.5 Å². The van der Waals surface area contributed by atoms with Crippen molar-refractivity contribution in [2.24, 2.45) is 5.16 Å². The Morgan fingerprint density at radius 1 is 1.27 bits per heavy atom. The summed E-state index contributed by atoms with van der Waals surface area (Å²) < 4.78 is 13.0. The number of aryl methyl sites for hydroxylation is 1. The summed E-state index contributed by atoms with van der Waals surface area (Å²) in [7, 11) is 1.64. The van der Waals surface area contributed by atoms with E-state index in [0.29, 0.717) is 29.3 Å². The highest BCUT2D eigenvalue weighted by molar-refractivity contribution is 6.06. The highest BCUT2D eigenvalue weighted by Crippen LogP contribution is 2.41. The molecule has 1 aromatic heterocycles. The van der Waals surface area contributed by atoms with Crippen LogP contribution in [0.15, 0.2) is 65.7 Å². The molecule has 0 radical (unpaired) electrons. The first-order chi connectivity index (χ1) is 18.0. The fourth-order valence-corrected chi connectivity index (χ4v) is 4.75. The lowest BCUT2D eigenvalue weighted by Crippen LogP contribution is -2.54. The summed E-state index contributed by atoms with van der Waals surface area (Å²) in [4.78, 5) is 25.4. The van der Waals surface area contributed by atoms with E-state index in [1.807, 2.05) is 46.9 Å². The molecule has 0 amide bonds. The number of aromatic nitrogens is 2. The maximum atomic E-state index is 13.3. The van der Waals surface area contributed by atoms with Crippen molar-refractivity contribution in [3.63, 3.8) is 0 Å². The summed E-state index contributed by atoms with van der Waals surface area (Å²) in [6, 6.07) is 14.8. The molecule has 1 fully saturated rings. The molecule has 1 atom stereocenters. The Hall–Kier alpha value is -4.58. The molecular formula is C28H27N5O4. The second kappa shape index (κ2) is 9.82. The minimum absolute atomic E-state index is 0.203. The number of fused-ring (bicyclic) bond motifs is 1. The minimum Gasteiger partial charge on any atom is -0.495 e. The Labute approximate surface area is 215 Å². The van der Waals surface area contributed by atoms with E-state index in [1.165, 1.54) is 0 Å². The Morgan fingerprint density at radius 3 is 2.76 bits per heavy atom. The normalized spacial score (nSPS) is 19.6. The number of nitriles is 1. The number of piperidine rings is 1. The van der Waals surface area contributed by atoms with Crippen LogP contribution in [0.25, 0.3) is 11.8 Å². The van der Waals surface area contributed by atoms with Crippen molar-refractivity contribution in [1.29, 1.82) is 5.26 Å². The minimum atomic E-state index is -1.54. The maximum absolute atomic E-state index is 13.3. The number of amidine groups is 1. The summed E-state index contributed by atoms with van der Waals surface area (Å²) >= 11 is 0. The van der Waals surface area contributed by atoms with Crippen molar-refractivity contribution in [1.82, 2.24) is 14.5 Å². The fourth-order valence-electron chi connectivity index (χ4n) is 4.75. The van der Waals surface area contributed by atoms with E-state index in [9.17, 15) is 10.1 Å². The van der Waals surface area contributed by atoms with E-state index < -0.39 is 11.7 Å². The number of esters is 1. The predicted molar refractivity (Wildman–Crippen MR) is 137 cm³/mol. The zero-order chi connectivity index (χ0) is 26.0. The molecule has 5 rings (SSSR count). The molecule has 0 N–H and O–H groups in total. The summed E-state index contributed by atoms with van der Waals surface area (Å²) in [5.74, 6) is 0.765. The molecule has 9 heteroatoms. The number of carbonyl (C=O) groups is 1. The summed E-state index contributed by atoms with van der Waals surface area (Å²) in [6.45, 7) is 4.46. The summed E-state index contributed by atoms with van der Waals surface area (Å²) in [5.41, 5.74) is 3.19. The van der Waals surface area contributed by atoms with Crippen LogP contribution in [0.3, 0.4) is 0 Å². The maximum Gasteiger partial charge on any atom is 0.380 e. The van der Waals surface area contributed by atoms with Crippen LogP contribution in [0, 0.1) is 18.3 Å². The molecule has 0 saturated carbocycles. The van der Waals surface area contributed by atoms with Crippen LogP contribution in [0.5, 0.6) is 5.75 Å². The molecule has 2 aromatic carbocycles. The van der Waals surface area contributed by atoms with Crippen molar-refractivity contribution in [3.05, 3.63) is 82.9 Å². The Morgan fingerprint density at radius 2 is 2.08 bits per heavy atom. The molecule has 3 aromatic rings. The first-order valence-corrected chi connectivity index (χ1v) is 12.1. The van der Waals surface area contributed by atoms with Gasteiger partial charge in [0.05, 0.1) is 43.1 Å². The SMILES string of the molecule is CCOC(=O)C1(c2ccc(C#N)cc2)ON=C2C(=Cc3ccc(-n4cnc(C)c4)c(OC)c3)CCCN21. The first-order valence-electron chi connectivity index (χ1n) is 12.1. The lowest BCUT2D eigenvalue weighted by atomic mass is 9.94. The number of hydrogen-bond acceptors (Lipinski definition) is 8. The van der Waals surface area contributed by atoms with Crippen LogP contribution in [0.1, 0.15) is 42.1 Å². The van der Waals surface area contributed by atoms with Crippen LogP contribution in [0.2, 0.25) is 0 Å². The molecule has 1 saturated heterocycles. The molecule has 1 unspecified atom stereocenters. The Balaban J connectivity index is 1.51. The summed E-state index contributed by atoms with van der Waals surface area (Å²) in [5, 5.41) is 13.6. The van der Waals surface area contributed by atoms with Gasteiger partial charge in [0.15, 0.2) is 5.84 Å². The number of hydrogen-bond donors (Lipinski definition) is 0. The predicted octanol–water partition coefficient (Wildman–Crippen LogP) is 4.30. The van der Waals surface area contributed by atoms with E-state index in [4.69, 9.17) is 14.3 Å². The molecule has 0 spiro atoms. The van der Waals surface area contributed by atoms with Gasteiger partial charge in [-0.2, -0.15) is 5.26 Å². The van der Waals surface area contributed by atoms with Gasteiger partial charge in [0.1, 0.15) is 5.75 Å². The fraction of sp³-hybridized carbons (Fsp3) is 0.286. The number of methoxy groups -OCH3 is 1. The van der Waals surface area contributed by atoms with Gasteiger partial charge in [-0.1, -0.05) is 23.4 Å². The number of benzene rings is 2. The van der Waals surface area contributed by atoms with Gasteiger partial charge in [-0.3, -0.25) is 0 Å². The average Bonchev–Trinajstić information content (AvgIpc) is 3.54. The third-order valence-corrected chi connectivity index (χ3v) is 6.51. The van der Waals surface area contributed by atoms with Crippen molar-refractivity contribution in [2.45, 2.75) is 32.4 Å². The lowest BCUT2D eigenvalue weighted by Gasteiger charge is -2.37. The standard InChI is InChI=1S/C28H27N5O4/c1-4-36-27(34)28(23-10-7-20(16-29)8-11-23)33-13-5-6-22(26(33)31-37-28)14-21-9-12-24(25(15-21)35-3)32-17-19(2)30-18-32/h7-12,14-15,17-18H,4-6,13H2,1-3H3. The second-order valence-corrected chi connectivity index (χ2v) is 8.84. The topological polar surface area (TPSA) is 102 Å². The van der Waals surface area contributed by atoms with Gasteiger partial charge in [-0.15, -0.1) is 0 Å². The van der Waals surface area contributed by atoms with Crippen LogP contribution < -0.4 is 4.74 Å². The molecule has 3 heterocycles. The number of nitrogens with zero attached hydrogens (tertiary/aromatic N) is 5. The van der Waals surface area contributed by atoms with E-state index >= 15 is 0 Å². The van der Waals surface area contributed by atoms with Crippen molar-refractivity contribution in [3.8, 4) is 17.5 Å². The number of ether oxygens (including phenoxy) is 2. The first kappa shape index (κ1) is 24.1. The largest absolute Gasteiger partial charge is 0.495 e. The third-order valence-electron chi connectivity index (χ3n) is 6.51. The van der Waals surface area contributed by atoms with Crippen LogP contribution in [0.4, 0.5) is 0 Å². The zero-order valence-electron chi connectivity index (χ0n) is 21.0. The highest BCUT2D eigenvalue weighted by atomic mass is 16.7. The van der Waals surface area contributed by atoms with Gasteiger partial charge in [0.2, 0.25) is 0 Å². The Bertz CT molecular complexity index is 1430. The van der Waals surface area contributed by atoms with Gasteiger partial charge in [0, 0.05) is 18.3 Å². The average molecular weight is 498 g/mol. The van der Waals surface area contributed by atoms with Crippen LogP contribution >= 0.6 is 0 Å². The van der Waals surface area contributed by atoms with E-state index in [2.05, 4.69) is 16.2 Å². The molecule has 9 nitrogen and oxygen atoms in total.